The minimum atomic E-state index is 0.258. The van der Waals surface area contributed by atoms with Gasteiger partial charge >= 0.3 is 0 Å². The van der Waals surface area contributed by atoms with E-state index in [1.165, 1.54) is 12.8 Å². The summed E-state index contributed by atoms with van der Waals surface area (Å²) >= 11 is 0. The van der Waals surface area contributed by atoms with Gasteiger partial charge in [-0.15, -0.1) is 0 Å². The molecule has 1 fully saturated rings. The first-order valence-corrected chi connectivity index (χ1v) is 4.81. The second-order valence-electron chi connectivity index (χ2n) is 3.72. The molecule has 1 aliphatic rings. The highest BCUT2D eigenvalue weighted by molar-refractivity contribution is 5.34. The molecule has 1 atom stereocenters. The third-order valence-corrected chi connectivity index (χ3v) is 2.47. The molecule has 2 N–H and O–H groups in total. The van der Waals surface area contributed by atoms with E-state index >= 15 is 0 Å². The molecule has 2 heteroatoms. The van der Waals surface area contributed by atoms with Crippen LogP contribution in [0.5, 0.6) is 5.75 Å². The number of phenols is 1. The lowest BCUT2D eigenvalue weighted by Crippen LogP contribution is -2.20. The van der Waals surface area contributed by atoms with Gasteiger partial charge in [-0.2, -0.15) is 0 Å². The lowest BCUT2D eigenvalue weighted by molar-refractivity contribution is 0.452. The summed E-state index contributed by atoms with van der Waals surface area (Å²) in [6.45, 7) is 2.09. The molecule has 0 saturated heterocycles. The van der Waals surface area contributed by atoms with Gasteiger partial charge in [0.1, 0.15) is 5.75 Å². The minimum absolute atomic E-state index is 0.258. The molecule has 13 heavy (non-hydrogen) atoms. The number of phenolic OH excluding ortho intramolecular Hbond substituents is 1. The molecule has 1 aliphatic carbocycles. The Morgan fingerprint density at radius 3 is 2.69 bits per heavy atom. The van der Waals surface area contributed by atoms with E-state index in [9.17, 15) is 5.11 Å². The predicted octanol–water partition coefficient (Wildman–Crippen LogP) is 2.21. The van der Waals surface area contributed by atoms with E-state index in [-0.39, 0.29) is 6.04 Å². The Morgan fingerprint density at radius 2 is 2.08 bits per heavy atom. The summed E-state index contributed by atoms with van der Waals surface area (Å²) in [6.07, 6.45) is 2.55. The van der Waals surface area contributed by atoms with Crippen molar-refractivity contribution in [2.45, 2.75) is 31.8 Å². The van der Waals surface area contributed by atoms with Crippen LogP contribution >= 0.6 is 0 Å². The molecule has 1 unspecified atom stereocenters. The Kier molecular flexibility index (Phi) is 2.23. The number of aromatic hydroxyl groups is 1. The fourth-order valence-corrected chi connectivity index (χ4v) is 1.55. The molecule has 1 aromatic rings. The SMILES string of the molecule is CC(NC1CC1)c1ccccc1O. The Hall–Kier alpha value is -1.02. The Morgan fingerprint density at radius 1 is 1.38 bits per heavy atom. The molecule has 0 aromatic heterocycles. The van der Waals surface area contributed by atoms with Crippen LogP contribution in [0.2, 0.25) is 0 Å². The third kappa shape index (κ3) is 2.01. The Bertz CT molecular complexity index is 294. The van der Waals surface area contributed by atoms with Crippen LogP contribution in [-0.4, -0.2) is 11.1 Å². The van der Waals surface area contributed by atoms with Crippen LogP contribution in [-0.2, 0) is 0 Å². The number of nitrogens with one attached hydrogen (secondary N) is 1. The standard InChI is InChI=1S/C11H15NO/c1-8(12-9-6-7-9)10-4-2-3-5-11(10)13/h2-5,8-9,12-13H,6-7H2,1H3. The highest BCUT2D eigenvalue weighted by Crippen LogP contribution is 2.27. The zero-order chi connectivity index (χ0) is 9.26. The van der Waals surface area contributed by atoms with Crippen LogP contribution in [0.15, 0.2) is 24.3 Å². The van der Waals surface area contributed by atoms with Crippen LogP contribution in [0.4, 0.5) is 0 Å². The van der Waals surface area contributed by atoms with Crippen molar-refractivity contribution in [3.05, 3.63) is 29.8 Å². The molecule has 0 spiro atoms. The highest BCUT2D eigenvalue weighted by atomic mass is 16.3. The predicted molar refractivity (Wildman–Crippen MR) is 52.7 cm³/mol. The van der Waals surface area contributed by atoms with E-state index in [2.05, 4.69) is 12.2 Å². The molecule has 1 saturated carbocycles. The van der Waals surface area contributed by atoms with Gasteiger partial charge in [0.2, 0.25) is 0 Å². The lowest BCUT2D eigenvalue weighted by atomic mass is 10.1. The van der Waals surface area contributed by atoms with Gasteiger partial charge in [0, 0.05) is 17.6 Å². The molecule has 0 bridgehead atoms. The van der Waals surface area contributed by atoms with Gasteiger partial charge in [-0.1, -0.05) is 18.2 Å². The first-order valence-electron chi connectivity index (χ1n) is 4.81. The molecular weight excluding hydrogens is 162 g/mol. The van der Waals surface area contributed by atoms with Crippen molar-refractivity contribution in [2.24, 2.45) is 0 Å². The second-order valence-corrected chi connectivity index (χ2v) is 3.72. The van der Waals surface area contributed by atoms with E-state index in [1.54, 1.807) is 6.07 Å². The van der Waals surface area contributed by atoms with E-state index in [4.69, 9.17) is 0 Å². The summed E-state index contributed by atoms with van der Waals surface area (Å²) in [6, 6.07) is 8.45. The zero-order valence-electron chi connectivity index (χ0n) is 7.83. The summed E-state index contributed by atoms with van der Waals surface area (Å²) in [4.78, 5) is 0. The quantitative estimate of drug-likeness (QED) is 0.742. The Balaban J connectivity index is 2.09. The van der Waals surface area contributed by atoms with Gasteiger partial charge in [-0.3, -0.25) is 0 Å². The zero-order valence-corrected chi connectivity index (χ0v) is 7.83. The first-order chi connectivity index (χ1) is 6.27. The molecule has 2 nitrogen and oxygen atoms in total. The second kappa shape index (κ2) is 3.38. The van der Waals surface area contributed by atoms with Crippen molar-refractivity contribution in [3.8, 4) is 5.75 Å². The first kappa shape index (κ1) is 8.57. The molecule has 0 heterocycles. The largest absolute Gasteiger partial charge is 0.508 e. The summed E-state index contributed by atoms with van der Waals surface area (Å²) in [7, 11) is 0. The van der Waals surface area contributed by atoms with Crippen LogP contribution in [0.25, 0.3) is 0 Å². The van der Waals surface area contributed by atoms with Crippen molar-refractivity contribution in [1.82, 2.24) is 5.32 Å². The number of para-hydroxylation sites is 1. The maximum absolute atomic E-state index is 9.57. The van der Waals surface area contributed by atoms with Gasteiger partial charge in [-0.25, -0.2) is 0 Å². The van der Waals surface area contributed by atoms with Gasteiger partial charge in [0.15, 0.2) is 0 Å². The van der Waals surface area contributed by atoms with E-state index in [0.29, 0.717) is 11.8 Å². The van der Waals surface area contributed by atoms with Gasteiger partial charge in [-0.05, 0) is 25.8 Å². The maximum atomic E-state index is 9.57. The molecular formula is C11H15NO. The van der Waals surface area contributed by atoms with Crippen LogP contribution < -0.4 is 5.32 Å². The van der Waals surface area contributed by atoms with E-state index in [0.717, 1.165) is 5.56 Å². The summed E-state index contributed by atoms with van der Waals surface area (Å²) < 4.78 is 0. The van der Waals surface area contributed by atoms with Crippen molar-refractivity contribution < 1.29 is 5.11 Å². The smallest absolute Gasteiger partial charge is 0.120 e. The average Bonchev–Trinajstić information content (AvgIpc) is 2.89. The molecule has 0 radical (unpaired) electrons. The normalized spacial score (nSPS) is 18.5. The van der Waals surface area contributed by atoms with Gasteiger partial charge in [0.05, 0.1) is 0 Å². The van der Waals surface area contributed by atoms with E-state index < -0.39 is 0 Å². The molecule has 1 aromatic carbocycles. The van der Waals surface area contributed by atoms with Crippen molar-refractivity contribution in [2.75, 3.05) is 0 Å². The van der Waals surface area contributed by atoms with E-state index in [1.807, 2.05) is 18.2 Å². The summed E-state index contributed by atoms with van der Waals surface area (Å²) in [5, 5.41) is 13.0. The summed E-state index contributed by atoms with van der Waals surface area (Å²) in [5.74, 6) is 0.392. The van der Waals surface area contributed by atoms with Crippen molar-refractivity contribution in [1.29, 1.82) is 0 Å². The number of hydrogen-bond donors (Lipinski definition) is 2. The lowest BCUT2D eigenvalue weighted by Gasteiger charge is -2.14. The van der Waals surface area contributed by atoms with Crippen LogP contribution in [0.1, 0.15) is 31.4 Å². The molecule has 0 aliphatic heterocycles. The summed E-state index contributed by atoms with van der Waals surface area (Å²) in [5.41, 5.74) is 0.995. The van der Waals surface area contributed by atoms with Crippen LogP contribution in [0, 0.1) is 0 Å². The molecule has 0 amide bonds. The number of rotatable bonds is 3. The number of hydrogen-bond acceptors (Lipinski definition) is 2. The Labute approximate surface area is 78.6 Å². The average molecular weight is 177 g/mol. The van der Waals surface area contributed by atoms with Gasteiger partial charge in [0.25, 0.3) is 0 Å². The van der Waals surface area contributed by atoms with Crippen molar-refractivity contribution >= 4 is 0 Å². The highest BCUT2D eigenvalue weighted by Gasteiger charge is 2.23. The van der Waals surface area contributed by atoms with Gasteiger partial charge < -0.3 is 10.4 Å². The minimum Gasteiger partial charge on any atom is -0.508 e. The maximum Gasteiger partial charge on any atom is 0.120 e. The monoisotopic (exact) mass is 177 g/mol. The van der Waals surface area contributed by atoms with Crippen LogP contribution in [0.3, 0.4) is 0 Å². The number of benzene rings is 1. The molecule has 2 rings (SSSR count). The fraction of sp³-hybridized carbons (Fsp3) is 0.455. The molecule has 70 valence electrons. The third-order valence-electron chi connectivity index (χ3n) is 2.47. The topological polar surface area (TPSA) is 32.3 Å². The fourth-order valence-electron chi connectivity index (χ4n) is 1.55. The van der Waals surface area contributed by atoms with Crippen molar-refractivity contribution in [3.63, 3.8) is 0 Å².